The summed E-state index contributed by atoms with van der Waals surface area (Å²) in [5, 5.41) is 0.135. The van der Waals surface area contributed by atoms with Gasteiger partial charge in [0.1, 0.15) is 16.5 Å². The van der Waals surface area contributed by atoms with Gasteiger partial charge < -0.3 is 4.74 Å². The molecule has 76 valence electrons. The molecule has 0 aliphatic rings. The molecule has 0 aromatic carbocycles. The van der Waals surface area contributed by atoms with Gasteiger partial charge >= 0.3 is 0 Å². The minimum Gasteiger partial charge on any atom is -0.480 e. The lowest BCUT2D eigenvalue weighted by Crippen LogP contribution is -2.04. The molecule has 1 heterocycles. The Bertz CT molecular complexity index is 353. The molecule has 0 aliphatic carbocycles. The van der Waals surface area contributed by atoms with Crippen LogP contribution in [0.1, 0.15) is 35.9 Å². The van der Waals surface area contributed by atoms with E-state index in [0.29, 0.717) is 12.1 Å². The van der Waals surface area contributed by atoms with Crippen LogP contribution < -0.4 is 4.74 Å². The topological polar surface area (TPSA) is 52.1 Å². The van der Waals surface area contributed by atoms with E-state index in [4.69, 9.17) is 16.3 Å². The predicted octanol–water partition coefficient (Wildman–Crippen LogP) is 2.07. The fourth-order valence-corrected chi connectivity index (χ4v) is 1.16. The van der Waals surface area contributed by atoms with Gasteiger partial charge in [0.15, 0.2) is 6.29 Å². The Morgan fingerprint density at radius 2 is 2.07 bits per heavy atom. The van der Waals surface area contributed by atoms with Crippen LogP contribution in [-0.4, -0.2) is 23.4 Å². The van der Waals surface area contributed by atoms with Gasteiger partial charge in [0.2, 0.25) is 5.88 Å². The molecule has 5 heteroatoms. The Balaban J connectivity index is 3.31. The van der Waals surface area contributed by atoms with Crippen molar-refractivity contribution in [1.29, 1.82) is 0 Å². The molecule has 1 rings (SSSR count). The highest BCUT2D eigenvalue weighted by molar-refractivity contribution is 6.32. The van der Waals surface area contributed by atoms with E-state index in [1.165, 1.54) is 7.11 Å². The highest BCUT2D eigenvalue weighted by atomic mass is 35.5. The Morgan fingerprint density at radius 1 is 1.43 bits per heavy atom. The Hall–Kier alpha value is -1.16. The van der Waals surface area contributed by atoms with E-state index in [1.807, 2.05) is 13.8 Å². The molecule has 0 fully saturated rings. The fourth-order valence-electron chi connectivity index (χ4n) is 0.951. The molecule has 0 saturated heterocycles. The Labute approximate surface area is 87.3 Å². The van der Waals surface area contributed by atoms with Crippen LogP contribution in [0.15, 0.2) is 0 Å². The lowest BCUT2D eigenvalue weighted by Gasteiger charge is -2.08. The second-order valence-electron chi connectivity index (χ2n) is 3.07. The quantitative estimate of drug-likeness (QED) is 0.571. The summed E-state index contributed by atoms with van der Waals surface area (Å²) in [7, 11) is 1.44. The number of methoxy groups -OCH3 is 1. The van der Waals surface area contributed by atoms with Gasteiger partial charge in [-0.05, 0) is 0 Å². The van der Waals surface area contributed by atoms with E-state index >= 15 is 0 Å². The number of halogens is 1. The van der Waals surface area contributed by atoms with Crippen molar-refractivity contribution >= 4 is 17.9 Å². The number of nitrogens with zero attached hydrogens (tertiary/aromatic N) is 2. The summed E-state index contributed by atoms with van der Waals surface area (Å²) in [6.07, 6.45) is 0.589. The SMILES string of the molecule is COc1nc(C(C)C)nc(Cl)c1C=O. The molecular weight excluding hydrogens is 204 g/mol. The minimum atomic E-state index is 0.135. The first-order valence-electron chi connectivity index (χ1n) is 4.16. The number of carbonyl (C=O) groups is 1. The normalized spacial score (nSPS) is 10.4. The molecule has 0 amide bonds. The lowest BCUT2D eigenvalue weighted by atomic mass is 10.2. The Morgan fingerprint density at radius 3 is 2.50 bits per heavy atom. The highest BCUT2D eigenvalue weighted by Crippen LogP contribution is 2.23. The van der Waals surface area contributed by atoms with Crippen molar-refractivity contribution in [1.82, 2.24) is 9.97 Å². The van der Waals surface area contributed by atoms with Crippen LogP contribution in [-0.2, 0) is 0 Å². The summed E-state index contributed by atoms with van der Waals surface area (Å²) in [6.45, 7) is 3.87. The largest absolute Gasteiger partial charge is 0.480 e. The zero-order chi connectivity index (χ0) is 10.7. The van der Waals surface area contributed by atoms with Crippen molar-refractivity contribution in [2.24, 2.45) is 0 Å². The van der Waals surface area contributed by atoms with Crippen LogP contribution in [0.2, 0.25) is 5.15 Å². The van der Waals surface area contributed by atoms with Gasteiger partial charge in [-0.1, -0.05) is 25.4 Å². The minimum absolute atomic E-state index is 0.135. The first kappa shape index (κ1) is 10.9. The third-order valence-corrected chi connectivity index (χ3v) is 2.00. The van der Waals surface area contributed by atoms with Crippen LogP contribution in [0.25, 0.3) is 0 Å². The van der Waals surface area contributed by atoms with Gasteiger partial charge in [-0.3, -0.25) is 4.79 Å². The average Bonchev–Trinajstić information content (AvgIpc) is 2.16. The molecule has 0 N–H and O–H groups in total. The van der Waals surface area contributed by atoms with Gasteiger partial charge in [-0.25, -0.2) is 4.98 Å². The number of hydrogen-bond acceptors (Lipinski definition) is 4. The lowest BCUT2D eigenvalue weighted by molar-refractivity contribution is 0.111. The smallest absolute Gasteiger partial charge is 0.228 e. The van der Waals surface area contributed by atoms with Gasteiger partial charge in [-0.15, -0.1) is 0 Å². The molecule has 14 heavy (non-hydrogen) atoms. The van der Waals surface area contributed by atoms with Crippen molar-refractivity contribution in [2.75, 3.05) is 7.11 Å². The average molecular weight is 215 g/mol. The molecule has 1 aromatic rings. The molecule has 0 spiro atoms. The summed E-state index contributed by atoms with van der Waals surface area (Å²) in [5.74, 6) is 0.934. The summed E-state index contributed by atoms with van der Waals surface area (Å²) >= 11 is 5.80. The number of aromatic nitrogens is 2. The second kappa shape index (κ2) is 4.37. The molecule has 0 aliphatic heterocycles. The van der Waals surface area contributed by atoms with Crippen molar-refractivity contribution in [3.8, 4) is 5.88 Å². The van der Waals surface area contributed by atoms with Crippen LogP contribution in [0.4, 0.5) is 0 Å². The molecule has 1 aromatic heterocycles. The molecule has 0 saturated carbocycles. The van der Waals surface area contributed by atoms with E-state index in [1.54, 1.807) is 0 Å². The maximum absolute atomic E-state index is 10.6. The first-order chi connectivity index (χ1) is 6.60. The molecule has 4 nitrogen and oxygen atoms in total. The maximum Gasteiger partial charge on any atom is 0.228 e. The Kier molecular flexibility index (Phi) is 3.41. The van der Waals surface area contributed by atoms with Crippen molar-refractivity contribution in [3.63, 3.8) is 0 Å². The molecule has 0 unspecified atom stereocenters. The van der Waals surface area contributed by atoms with Crippen molar-refractivity contribution in [3.05, 3.63) is 16.5 Å². The maximum atomic E-state index is 10.6. The summed E-state index contributed by atoms with van der Waals surface area (Å²) < 4.78 is 4.94. The third-order valence-electron chi connectivity index (χ3n) is 1.71. The van der Waals surface area contributed by atoms with Crippen LogP contribution >= 0.6 is 11.6 Å². The van der Waals surface area contributed by atoms with E-state index in [2.05, 4.69) is 9.97 Å². The van der Waals surface area contributed by atoms with Gasteiger partial charge in [0.25, 0.3) is 0 Å². The third kappa shape index (κ3) is 2.01. The number of rotatable bonds is 3. The van der Waals surface area contributed by atoms with Gasteiger partial charge in [-0.2, -0.15) is 4.98 Å². The molecular formula is C9H11ClN2O2. The summed E-state index contributed by atoms with van der Waals surface area (Å²) in [5.41, 5.74) is 0.193. The number of aldehydes is 1. The van der Waals surface area contributed by atoms with Crippen LogP contribution in [0, 0.1) is 0 Å². The van der Waals surface area contributed by atoms with Gasteiger partial charge in [0.05, 0.1) is 7.11 Å². The highest BCUT2D eigenvalue weighted by Gasteiger charge is 2.14. The zero-order valence-corrected chi connectivity index (χ0v) is 9.00. The molecule has 0 bridgehead atoms. The number of hydrogen-bond donors (Lipinski definition) is 0. The van der Waals surface area contributed by atoms with Crippen molar-refractivity contribution < 1.29 is 9.53 Å². The number of carbonyl (C=O) groups excluding carboxylic acids is 1. The van der Waals surface area contributed by atoms with Crippen molar-refractivity contribution in [2.45, 2.75) is 19.8 Å². The number of ether oxygens (including phenoxy) is 1. The second-order valence-corrected chi connectivity index (χ2v) is 3.43. The monoisotopic (exact) mass is 214 g/mol. The standard InChI is InChI=1S/C9H11ClN2O2/c1-5(2)8-11-7(10)6(4-13)9(12-8)14-3/h4-5H,1-3H3. The zero-order valence-electron chi connectivity index (χ0n) is 8.24. The van der Waals surface area contributed by atoms with E-state index in [9.17, 15) is 4.79 Å². The van der Waals surface area contributed by atoms with Gasteiger partial charge in [0, 0.05) is 5.92 Å². The van der Waals surface area contributed by atoms with E-state index in [0.717, 1.165) is 0 Å². The fraction of sp³-hybridized carbons (Fsp3) is 0.444. The molecule has 0 atom stereocenters. The van der Waals surface area contributed by atoms with E-state index in [-0.39, 0.29) is 22.5 Å². The van der Waals surface area contributed by atoms with E-state index < -0.39 is 0 Å². The predicted molar refractivity (Wildman–Crippen MR) is 53.1 cm³/mol. The van der Waals surface area contributed by atoms with Crippen LogP contribution in [0.5, 0.6) is 5.88 Å². The summed E-state index contributed by atoms with van der Waals surface area (Å²) in [6, 6.07) is 0. The van der Waals surface area contributed by atoms with Crippen LogP contribution in [0.3, 0.4) is 0 Å². The molecule has 0 radical (unpaired) electrons. The first-order valence-corrected chi connectivity index (χ1v) is 4.54. The summed E-state index contributed by atoms with van der Waals surface area (Å²) in [4.78, 5) is 18.7.